The molecule has 1 saturated heterocycles. The van der Waals surface area contributed by atoms with E-state index in [1.54, 1.807) is 6.07 Å². The SMILES string of the molecule is Cc1c(C=C2CCN(C(=O)CC(C)C)CC2)cc(Cl)cc1NC(=O)c1cc(C#N)n(C)c(=O)c1. The Morgan fingerprint density at radius 3 is 2.50 bits per heavy atom. The van der Waals surface area contributed by atoms with Crippen molar-refractivity contribution >= 4 is 35.2 Å². The summed E-state index contributed by atoms with van der Waals surface area (Å²) in [5.74, 6) is 0.0565. The third kappa shape index (κ3) is 5.95. The number of amides is 2. The van der Waals surface area contributed by atoms with E-state index in [2.05, 4.69) is 11.4 Å². The molecule has 0 bridgehead atoms. The van der Waals surface area contributed by atoms with Gasteiger partial charge < -0.3 is 14.8 Å². The molecule has 178 valence electrons. The summed E-state index contributed by atoms with van der Waals surface area (Å²) in [6.45, 7) is 7.39. The van der Waals surface area contributed by atoms with E-state index in [9.17, 15) is 19.6 Å². The number of piperidine rings is 1. The van der Waals surface area contributed by atoms with Crippen LogP contribution in [-0.2, 0) is 11.8 Å². The second kappa shape index (κ2) is 10.7. The first-order valence-corrected chi connectivity index (χ1v) is 11.7. The average molecular weight is 481 g/mol. The fourth-order valence-electron chi connectivity index (χ4n) is 3.93. The fourth-order valence-corrected chi connectivity index (χ4v) is 4.16. The Hall–Kier alpha value is -3.37. The van der Waals surface area contributed by atoms with Crippen LogP contribution in [-0.4, -0.2) is 34.4 Å². The third-order valence-electron chi connectivity index (χ3n) is 6.00. The molecular formula is C26H29ClN4O3. The summed E-state index contributed by atoms with van der Waals surface area (Å²) < 4.78 is 1.19. The Bertz CT molecular complexity index is 1240. The number of rotatable bonds is 5. The fraction of sp³-hybridized carbons (Fsp3) is 0.385. The van der Waals surface area contributed by atoms with Crippen molar-refractivity contribution in [1.82, 2.24) is 9.47 Å². The van der Waals surface area contributed by atoms with Gasteiger partial charge in [-0.2, -0.15) is 5.26 Å². The van der Waals surface area contributed by atoms with Crippen molar-refractivity contribution in [3.8, 4) is 6.07 Å². The Morgan fingerprint density at radius 2 is 1.88 bits per heavy atom. The predicted octanol–water partition coefficient (Wildman–Crippen LogP) is 4.52. The van der Waals surface area contributed by atoms with E-state index in [0.717, 1.165) is 24.0 Å². The number of likely N-dealkylation sites (tertiary alicyclic amines) is 1. The zero-order valence-electron chi connectivity index (χ0n) is 19.9. The van der Waals surface area contributed by atoms with Gasteiger partial charge in [0.05, 0.1) is 0 Å². The molecule has 1 aliphatic rings. The van der Waals surface area contributed by atoms with Crippen LogP contribution in [0, 0.1) is 24.2 Å². The molecule has 1 fully saturated rings. The van der Waals surface area contributed by atoms with Gasteiger partial charge in [-0.1, -0.05) is 37.1 Å². The quantitative estimate of drug-likeness (QED) is 0.680. The van der Waals surface area contributed by atoms with Crippen LogP contribution in [0.4, 0.5) is 5.69 Å². The van der Waals surface area contributed by atoms with Gasteiger partial charge in [-0.25, -0.2) is 0 Å². The number of aromatic nitrogens is 1. The summed E-state index contributed by atoms with van der Waals surface area (Å²) in [7, 11) is 1.48. The average Bonchev–Trinajstić information content (AvgIpc) is 2.78. The van der Waals surface area contributed by atoms with E-state index >= 15 is 0 Å². The van der Waals surface area contributed by atoms with Gasteiger partial charge in [0.2, 0.25) is 5.91 Å². The summed E-state index contributed by atoms with van der Waals surface area (Å²) in [5.41, 5.74) is 3.26. The number of nitrogens with zero attached hydrogens (tertiary/aromatic N) is 3. The van der Waals surface area contributed by atoms with Crippen LogP contribution in [0.3, 0.4) is 0 Å². The molecule has 34 heavy (non-hydrogen) atoms. The number of anilines is 1. The highest BCUT2D eigenvalue weighted by Gasteiger charge is 2.20. The lowest BCUT2D eigenvalue weighted by atomic mass is 9.97. The Labute approximate surface area is 204 Å². The predicted molar refractivity (Wildman–Crippen MR) is 134 cm³/mol. The Balaban J connectivity index is 1.79. The zero-order valence-corrected chi connectivity index (χ0v) is 20.7. The van der Waals surface area contributed by atoms with Gasteiger partial charge >= 0.3 is 0 Å². The minimum atomic E-state index is -0.491. The van der Waals surface area contributed by atoms with Gasteiger partial charge in [0, 0.05) is 48.9 Å². The van der Waals surface area contributed by atoms with Crippen LogP contribution >= 0.6 is 11.6 Å². The first-order chi connectivity index (χ1) is 16.1. The number of hydrogen-bond donors (Lipinski definition) is 1. The second-order valence-electron chi connectivity index (χ2n) is 9.04. The minimum Gasteiger partial charge on any atom is -0.342 e. The maximum atomic E-state index is 12.8. The molecule has 7 nitrogen and oxygen atoms in total. The van der Waals surface area contributed by atoms with Crippen molar-refractivity contribution in [2.75, 3.05) is 18.4 Å². The first kappa shape index (κ1) is 25.3. The van der Waals surface area contributed by atoms with Gasteiger partial charge in [0.15, 0.2) is 0 Å². The van der Waals surface area contributed by atoms with E-state index < -0.39 is 11.5 Å². The molecule has 2 heterocycles. The molecule has 1 N–H and O–H groups in total. The van der Waals surface area contributed by atoms with Crippen molar-refractivity contribution in [2.24, 2.45) is 13.0 Å². The molecule has 0 atom stereocenters. The van der Waals surface area contributed by atoms with E-state index in [1.165, 1.54) is 29.3 Å². The minimum absolute atomic E-state index is 0.101. The molecule has 0 spiro atoms. The number of carbonyl (C=O) groups is 2. The van der Waals surface area contributed by atoms with Crippen molar-refractivity contribution in [1.29, 1.82) is 5.26 Å². The highest BCUT2D eigenvalue weighted by atomic mass is 35.5. The van der Waals surface area contributed by atoms with Gasteiger partial charge in [-0.05, 0) is 55.0 Å². The maximum absolute atomic E-state index is 12.8. The van der Waals surface area contributed by atoms with Crippen LogP contribution in [0.25, 0.3) is 6.08 Å². The molecule has 0 unspecified atom stereocenters. The number of benzene rings is 1. The number of nitriles is 1. The topological polar surface area (TPSA) is 95.2 Å². The molecule has 0 aliphatic carbocycles. The van der Waals surface area contributed by atoms with Crippen LogP contribution in [0.5, 0.6) is 0 Å². The van der Waals surface area contributed by atoms with Crippen LogP contribution in [0.2, 0.25) is 5.02 Å². The van der Waals surface area contributed by atoms with E-state index in [4.69, 9.17) is 11.6 Å². The monoisotopic (exact) mass is 480 g/mol. The first-order valence-electron chi connectivity index (χ1n) is 11.3. The Kier molecular flexibility index (Phi) is 7.95. The van der Waals surface area contributed by atoms with Gasteiger partial charge in [0.25, 0.3) is 11.5 Å². The normalized spacial score (nSPS) is 13.6. The van der Waals surface area contributed by atoms with Gasteiger partial charge in [0.1, 0.15) is 11.8 Å². The summed E-state index contributed by atoms with van der Waals surface area (Å²) in [6, 6.07) is 8.02. The van der Waals surface area contributed by atoms with Gasteiger partial charge in [-0.3, -0.25) is 14.4 Å². The number of halogens is 1. The van der Waals surface area contributed by atoms with Crippen molar-refractivity contribution < 1.29 is 9.59 Å². The number of nitrogens with one attached hydrogen (secondary N) is 1. The molecule has 1 aromatic heterocycles. The van der Waals surface area contributed by atoms with Crippen molar-refractivity contribution in [3.63, 3.8) is 0 Å². The maximum Gasteiger partial charge on any atom is 0.255 e. The van der Waals surface area contributed by atoms with Crippen molar-refractivity contribution in [2.45, 2.75) is 40.0 Å². The van der Waals surface area contributed by atoms with Crippen LogP contribution in [0.1, 0.15) is 60.3 Å². The smallest absolute Gasteiger partial charge is 0.255 e. The van der Waals surface area contributed by atoms with Crippen molar-refractivity contribution in [3.05, 3.63) is 67.6 Å². The molecule has 3 rings (SSSR count). The molecule has 8 heteroatoms. The number of hydrogen-bond acceptors (Lipinski definition) is 4. The third-order valence-corrected chi connectivity index (χ3v) is 6.22. The molecule has 2 amide bonds. The zero-order chi connectivity index (χ0) is 25.0. The molecule has 0 radical (unpaired) electrons. The molecule has 2 aromatic rings. The summed E-state index contributed by atoms with van der Waals surface area (Å²) in [5, 5.41) is 12.5. The molecule has 0 saturated carbocycles. The van der Waals surface area contributed by atoms with Crippen LogP contribution < -0.4 is 10.9 Å². The molecular weight excluding hydrogens is 452 g/mol. The van der Waals surface area contributed by atoms with E-state index in [1.807, 2.05) is 37.8 Å². The van der Waals surface area contributed by atoms with E-state index in [0.29, 0.717) is 36.1 Å². The van der Waals surface area contributed by atoms with E-state index in [-0.39, 0.29) is 17.2 Å². The number of carbonyl (C=O) groups excluding carboxylic acids is 2. The number of pyridine rings is 1. The highest BCUT2D eigenvalue weighted by Crippen LogP contribution is 2.29. The lowest BCUT2D eigenvalue weighted by Crippen LogP contribution is -2.36. The molecule has 1 aliphatic heterocycles. The standard InChI is InChI=1S/C26H29ClN4O3/c1-16(2)9-25(33)31-7-5-18(6-8-31)10-19-11-21(27)14-23(17(19)3)29-26(34)20-12-22(15-28)30(4)24(32)13-20/h10-14,16H,5-9H2,1-4H3,(H,29,34). The largest absolute Gasteiger partial charge is 0.342 e. The lowest BCUT2D eigenvalue weighted by molar-refractivity contribution is -0.132. The lowest BCUT2D eigenvalue weighted by Gasteiger charge is -2.29. The highest BCUT2D eigenvalue weighted by molar-refractivity contribution is 6.31. The Morgan fingerprint density at radius 1 is 1.21 bits per heavy atom. The summed E-state index contributed by atoms with van der Waals surface area (Å²) >= 11 is 6.35. The molecule has 1 aromatic carbocycles. The summed E-state index contributed by atoms with van der Waals surface area (Å²) in [6.07, 6.45) is 4.23. The van der Waals surface area contributed by atoms with Crippen LogP contribution in [0.15, 0.2) is 34.6 Å². The second-order valence-corrected chi connectivity index (χ2v) is 9.48. The summed E-state index contributed by atoms with van der Waals surface area (Å²) in [4.78, 5) is 39.1. The van der Waals surface area contributed by atoms with Gasteiger partial charge in [-0.15, -0.1) is 0 Å².